The monoisotopic (exact) mass is 458 g/mol. The summed E-state index contributed by atoms with van der Waals surface area (Å²) in [6.07, 6.45) is 0. The van der Waals surface area contributed by atoms with Crippen molar-refractivity contribution in [2.75, 3.05) is 0 Å². The van der Waals surface area contributed by atoms with Crippen LogP contribution in [0, 0.1) is 0 Å². The number of rotatable bonds is 3. The Morgan fingerprint density at radius 1 is 0.559 bits per heavy atom. The lowest BCUT2D eigenvalue weighted by Crippen LogP contribution is -2.14. The van der Waals surface area contributed by atoms with Crippen LogP contribution in [0.2, 0.25) is 5.02 Å². The van der Waals surface area contributed by atoms with Crippen molar-refractivity contribution in [1.29, 1.82) is 0 Å². The van der Waals surface area contributed by atoms with Gasteiger partial charge in [-0.2, -0.15) is 0 Å². The number of aromatic nitrogens is 2. The van der Waals surface area contributed by atoms with E-state index in [1.54, 1.807) is 0 Å². The fraction of sp³-hybridized carbons (Fsp3) is 0.0968. The molecule has 4 aromatic carbocycles. The van der Waals surface area contributed by atoms with Gasteiger partial charge in [0.25, 0.3) is 0 Å². The summed E-state index contributed by atoms with van der Waals surface area (Å²) in [7, 11) is 0. The van der Waals surface area contributed by atoms with Crippen LogP contribution in [0.5, 0.6) is 0 Å². The van der Waals surface area contributed by atoms with Crippen LogP contribution in [0.25, 0.3) is 45.0 Å². The standard InChI is InChI=1S/C31H23ClN2/c1-31(2)26-11-7-6-10-24(26)25-17-14-22(18-27(25)31)29-19-28(20-8-4-3-5-9-20)33-30(34-29)21-12-15-23(32)16-13-21/h3-19H,1-2H3. The van der Waals surface area contributed by atoms with Crippen LogP contribution in [-0.2, 0) is 5.41 Å². The van der Waals surface area contributed by atoms with Gasteiger partial charge < -0.3 is 0 Å². The fourth-order valence-corrected chi connectivity index (χ4v) is 5.07. The van der Waals surface area contributed by atoms with E-state index in [9.17, 15) is 0 Å². The maximum absolute atomic E-state index is 6.13. The van der Waals surface area contributed by atoms with Crippen LogP contribution < -0.4 is 0 Å². The Balaban J connectivity index is 1.53. The first-order valence-electron chi connectivity index (χ1n) is 11.5. The third kappa shape index (κ3) is 3.43. The molecule has 164 valence electrons. The largest absolute Gasteiger partial charge is 0.228 e. The van der Waals surface area contributed by atoms with Crippen molar-refractivity contribution < 1.29 is 0 Å². The minimum absolute atomic E-state index is 0.0593. The zero-order valence-electron chi connectivity index (χ0n) is 19.1. The van der Waals surface area contributed by atoms with Crippen LogP contribution in [0.3, 0.4) is 0 Å². The molecule has 0 fully saturated rings. The number of nitrogens with zero attached hydrogens (tertiary/aromatic N) is 2. The summed E-state index contributed by atoms with van der Waals surface area (Å²) >= 11 is 6.13. The van der Waals surface area contributed by atoms with Gasteiger partial charge in [-0.25, -0.2) is 9.97 Å². The Hall–Kier alpha value is -3.75. The third-order valence-corrected chi connectivity index (χ3v) is 7.03. The molecule has 0 spiro atoms. The van der Waals surface area contributed by atoms with E-state index in [1.165, 1.54) is 22.3 Å². The van der Waals surface area contributed by atoms with Gasteiger partial charge in [-0.15, -0.1) is 0 Å². The molecule has 5 aromatic rings. The SMILES string of the molecule is CC1(C)c2ccccc2-c2ccc(-c3cc(-c4ccccc4)nc(-c4ccc(Cl)cc4)n3)cc21. The average molecular weight is 459 g/mol. The van der Waals surface area contributed by atoms with Crippen LogP contribution >= 0.6 is 11.6 Å². The van der Waals surface area contributed by atoms with E-state index < -0.39 is 0 Å². The molecule has 0 bridgehead atoms. The highest BCUT2D eigenvalue weighted by Crippen LogP contribution is 2.49. The molecule has 34 heavy (non-hydrogen) atoms. The molecule has 0 N–H and O–H groups in total. The van der Waals surface area contributed by atoms with Gasteiger partial charge in [0.05, 0.1) is 11.4 Å². The van der Waals surface area contributed by atoms with Gasteiger partial charge in [-0.1, -0.05) is 92.2 Å². The second-order valence-corrected chi connectivity index (χ2v) is 9.70. The molecule has 0 saturated carbocycles. The van der Waals surface area contributed by atoms with Crippen LogP contribution in [0.15, 0.2) is 103 Å². The molecule has 2 nitrogen and oxygen atoms in total. The third-order valence-electron chi connectivity index (χ3n) is 6.78. The highest BCUT2D eigenvalue weighted by atomic mass is 35.5. The lowest BCUT2D eigenvalue weighted by molar-refractivity contribution is 0.660. The van der Waals surface area contributed by atoms with E-state index in [0.717, 1.165) is 28.1 Å². The van der Waals surface area contributed by atoms with Crippen LogP contribution in [-0.4, -0.2) is 9.97 Å². The second-order valence-electron chi connectivity index (χ2n) is 9.27. The maximum Gasteiger partial charge on any atom is 0.160 e. The van der Waals surface area contributed by atoms with E-state index >= 15 is 0 Å². The topological polar surface area (TPSA) is 25.8 Å². The Bertz CT molecular complexity index is 1520. The Labute approximate surface area is 204 Å². The Morgan fingerprint density at radius 3 is 1.94 bits per heavy atom. The summed E-state index contributed by atoms with van der Waals surface area (Å²) < 4.78 is 0. The normalized spacial score (nSPS) is 13.4. The van der Waals surface area contributed by atoms with Gasteiger partial charge in [0.15, 0.2) is 5.82 Å². The first kappa shape index (κ1) is 20.8. The molecule has 0 radical (unpaired) electrons. The first-order valence-corrected chi connectivity index (χ1v) is 11.8. The van der Waals surface area contributed by atoms with Gasteiger partial charge in [0.1, 0.15) is 0 Å². The van der Waals surface area contributed by atoms with Gasteiger partial charge in [0.2, 0.25) is 0 Å². The van der Waals surface area contributed by atoms with Gasteiger partial charge in [-0.3, -0.25) is 0 Å². The van der Waals surface area contributed by atoms with Crippen LogP contribution in [0.1, 0.15) is 25.0 Å². The first-order chi connectivity index (χ1) is 16.5. The average Bonchev–Trinajstić information content (AvgIpc) is 3.11. The molecule has 0 aliphatic heterocycles. The highest BCUT2D eigenvalue weighted by Gasteiger charge is 2.35. The molecule has 0 atom stereocenters. The van der Waals surface area contributed by atoms with Gasteiger partial charge >= 0.3 is 0 Å². The fourth-order valence-electron chi connectivity index (χ4n) is 4.94. The van der Waals surface area contributed by atoms with Crippen molar-refractivity contribution in [1.82, 2.24) is 9.97 Å². The lowest BCUT2D eigenvalue weighted by atomic mass is 9.82. The summed E-state index contributed by atoms with van der Waals surface area (Å²) in [6.45, 7) is 4.60. The summed E-state index contributed by atoms with van der Waals surface area (Å²) in [4.78, 5) is 9.91. The number of hydrogen-bond donors (Lipinski definition) is 0. The van der Waals surface area contributed by atoms with E-state index in [1.807, 2.05) is 42.5 Å². The predicted octanol–water partition coefficient (Wildman–Crippen LogP) is 8.44. The van der Waals surface area contributed by atoms with E-state index in [4.69, 9.17) is 21.6 Å². The van der Waals surface area contributed by atoms with Crippen molar-refractivity contribution in [2.24, 2.45) is 0 Å². The highest BCUT2D eigenvalue weighted by molar-refractivity contribution is 6.30. The van der Waals surface area contributed by atoms with Crippen molar-refractivity contribution in [3.05, 3.63) is 119 Å². The lowest BCUT2D eigenvalue weighted by Gasteiger charge is -2.22. The van der Waals surface area contributed by atoms with Gasteiger partial charge in [-0.05, 0) is 58.7 Å². The molecule has 0 unspecified atom stereocenters. The number of benzene rings is 4. The van der Waals surface area contributed by atoms with E-state index in [0.29, 0.717) is 10.8 Å². The van der Waals surface area contributed by atoms with E-state index in [2.05, 4.69) is 74.5 Å². The molecule has 6 rings (SSSR count). The van der Waals surface area contributed by atoms with Crippen molar-refractivity contribution in [2.45, 2.75) is 19.3 Å². The molecule has 1 aliphatic rings. The van der Waals surface area contributed by atoms with Crippen molar-refractivity contribution >= 4 is 11.6 Å². The minimum Gasteiger partial charge on any atom is -0.228 e. The maximum atomic E-state index is 6.13. The number of halogens is 1. The molecule has 1 aliphatic carbocycles. The molecular weight excluding hydrogens is 436 g/mol. The molecular formula is C31H23ClN2. The summed E-state index contributed by atoms with van der Waals surface area (Å²) in [5, 5.41) is 0.698. The van der Waals surface area contributed by atoms with Crippen molar-refractivity contribution in [3.8, 4) is 45.0 Å². The van der Waals surface area contributed by atoms with Crippen molar-refractivity contribution in [3.63, 3.8) is 0 Å². The summed E-state index contributed by atoms with van der Waals surface area (Å²) in [6, 6.07) is 35.5. The molecule has 1 aromatic heterocycles. The molecule has 1 heterocycles. The van der Waals surface area contributed by atoms with Crippen LogP contribution in [0.4, 0.5) is 0 Å². The summed E-state index contributed by atoms with van der Waals surface area (Å²) in [5.41, 5.74) is 10.2. The smallest absolute Gasteiger partial charge is 0.160 e. The molecule has 0 saturated heterocycles. The number of fused-ring (bicyclic) bond motifs is 3. The predicted molar refractivity (Wildman–Crippen MR) is 141 cm³/mol. The van der Waals surface area contributed by atoms with E-state index in [-0.39, 0.29) is 5.41 Å². The molecule has 0 amide bonds. The summed E-state index contributed by atoms with van der Waals surface area (Å²) in [5.74, 6) is 0.691. The number of hydrogen-bond acceptors (Lipinski definition) is 2. The van der Waals surface area contributed by atoms with Gasteiger partial charge in [0, 0.05) is 27.1 Å². The second kappa shape index (κ2) is 7.93. The molecule has 3 heteroatoms. The Morgan fingerprint density at radius 2 is 1.18 bits per heavy atom. The zero-order valence-corrected chi connectivity index (χ0v) is 19.8. The zero-order chi connectivity index (χ0) is 23.3. The quantitative estimate of drug-likeness (QED) is 0.271. The minimum atomic E-state index is -0.0593. The Kier molecular flexibility index (Phi) is 4.86.